The first-order valence-corrected chi connectivity index (χ1v) is 9.27. The highest BCUT2D eigenvalue weighted by molar-refractivity contribution is 5.36. The van der Waals surface area contributed by atoms with Crippen molar-refractivity contribution in [1.29, 1.82) is 0 Å². The minimum atomic E-state index is 0.371. The van der Waals surface area contributed by atoms with Gasteiger partial charge in [-0.25, -0.2) is 0 Å². The lowest BCUT2D eigenvalue weighted by molar-refractivity contribution is 0.0184. The normalized spacial score (nSPS) is 24.7. The third-order valence-electron chi connectivity index (χ3n) is 4.95. The number of ether oxygens (including phenoxy) is 2. The molecule has 1 aromatic carbocycles. The summed E-state index contributed by atoms with van der Waals surface area (Å²) >= 11 is 0. The fraction of sp³-hybridized carbons (Fsp3) is 0.684. The Morgan fingerprint density at radius 2 is 2.04 bits per heavy atom. The van der Waals surface area contributed by atoms with Gasteiger partial charge in [-0.3, -0.25) is 9.80 Å². The van der Waals surface area contributed by atoms with Gasteiger partial charge in [0.25, 0.3) is 0 Å². The van der Waals surface area contributed by atoms with Crippen LogP contribution < -0.4 is 10.1 Å². The van der Waals surface area contributed by atoms with Crippen LogP contribution in [-0.2, 0) is 4.74 Å². The highest BCUT2D eigenvalue weighted by Gasteiger charge is 2.29. The first-order valence-electron chi connectivity index (χ1n) is 9.27. The second kappa shape index (κ2) is 8.81. The molecule has 0 aliphatic carbocycles. The molecule has 2 aliphatic rings. The number of hydrogen-bond acceptors (Lipinski definition) is 5. The van der Waals surface area contributed by atoms with Crippen LogP contribution in [0.1, 0.15) is 25.5 Å². The maximum absolute atomic E-state index is 5.94. The van der Waals surface area contributed by atoms with Gasteiger partial charge >= 0.3 is 0 Å². The van der Waals surface area contributed by atoms with Crippen LogP contribution in [0.4, 0.5) is 0 Å². The molecular formula is C19H31N3O2. The molecule has 1 N–H and O–H groups in total. The summed E-state index contributed by atoms with van der Waals surface area (Å²) in [6.45, 7) is 13.0. The first kappa shape index (κ1) is 17.7. The fourth-order valence-corrected chi connectivity index (χ4v) is 3.73. The Balaban J connectivity index is 1.83. The summed E-state index contributed by atoms with van der Waals surface area (Å²) in [5.74, 6) is 1.03. The Morgan fingerprint density at radius 3 is 2.79 bits per heavy atom. The van der Waals surface area contributed by atoms with Gasteiger partial charge in [-0.15, -0.1) is 0 Å². The zero-order chi connectivity index (χ0) is 16.8. The van der Waals surface area contributed by atoms with E-state index >= 15 is 0 Å². The molecule has 0 radical (unpaired) electrons. The predicted octanol–water partition coefficient (Wildman–Crippen LogP) is 1.75. The van der Waals surface area contributed by atoms with Gasteiger partial charge in [0.05, 0.1) is 25.9 Å². The third-order valence-corrected chi connectivity index (χ3v) is 4.95. The smallest absolute Gasteiger partial charge is 0.124 e. The Bertz CT molecular complexity index is 505. The van der Waals surface area contributed by atoms with Crippen LogP contribution in [0.2, 0.25) is 0 Å². The van der Waals surface area contributed by atoms with Crippen molar-refractivity contribution in [3.05, 3.63) is 29.8 Å². The van der Waals surface area contributed by atoms with E-state index < -0.39 is 0 Å². The molecule has 24 heavy (non-hydrogen) atoms. The Morgan fingerprint density at radius 1 is 1.25 bits per heavy atom. The van der Waals surface area contributed by atoms with Crippen LogP contribution in [-0.4, -0.2) is 74.9 Å². The van der Waals surface area contributed by atoms with Crippen LogP contribution in [0, 0.1) is 0 Å². The molecule has 2 aliphatic heterocycles. The second-order valence-electron chi connectivity index (χ2n) is 6.75. The number of morpholine rings is 1. The Kier molecular flexibility index (Phi) is 6.49. The lowest BCUT2D eigenvalue weighted by Crippen LogP contribution is -2.52. The molecule has 3 rings (SSSR count). The third kappa shape index (κ3) is 4.48. The quantitative estimate of drug-likeness (QED) is 0.858. The van der Waals surface area contributed by atoms with Gasteiger partial charge in [0, 0.05) is 50.9 Å². The van der Waals surface area contributed by atoms with Gasteiger partial charge in [0.1, 0.15) is 5.75 Å². The van der Waals surface area contributed by atoms with E-state index in [0.717, 1.165) is 58.2 Å². The maximum atomic E-state index is 5.94. The van der Waals surface area contributed by atoms with E-state index in [1.54, 1.807) is 0 Å². The number of nitrogens with one attached hydrogen (secondary N) is 1. The topological polar surface area (TPSA) is 37.0 Å². The summed E-state index contributed by atoms with van der Waals surface area (Å²) in [5, 5.41) is 3.56. The molecule has 134 valence electrons. The molecule has 0 amide bonds. The van der Waals surface area contributed by atoms with Crippen LogP contribution in [0.25, 0.3) is 0 Å². The number of nitrogens with zero attached hydrogens (tertiary/aromatic N) is 2. The average molecular weight is 333 g/mol. The average Bonchev–Trinajstić information content (AvgIpc) is 2.62. The van der Waals surface area contributed by atoms with Crippen LogP contribution >= 0.6 is 0 Å². The van der Waals surface area contributed by atoms with E-state index in [4.69, 9.17) is 9.47 Å². The summed E-state index contributed by atoms with van der Waals surface area (Å²) in [6, 6.07) is 9.45. The van der Waals surface area contributed by atoms with E-state index in [9.17, 15) is 0 Å². The van der Waals surface area contributed by atoms with E-state index in [1.165, 1.54) is 5.56 Å². The Hall–Kier alpha value is -1.14. The molecule has 2 unspecified atom stereocenters. The highest BCUT2D eigenvalue weighted by Crippen LogP contribution is 2.31. The summed E-state index contributed by atoms with van der Waals surface area (Å²) in [6.07, 6.45) is 0. The standard InChI is InChI=1S/C19H31N3O2/c1-3-24-19-7-5-4-6-17(19)18(15-21-10-12-23-13-11-21)22-9-8-20-16(2)14-22/h4-7,16,18,20H,3,8-15H2,1-2H3. The summed E-state index contributed by atoms with van der Waals surface area (Å²) in [5.41, 5.74) is 1.32. The van der Waals surface area contributed by atoms with E-state index in [-0.39, 0.29) is 0 Å². The van der Waals surface area contributed by atoms with Crippen molar-refractivity contribution in [3.63, 3.8) is 0 Å². The molecular weight excluding hydrogens is 302 g/mol. The number of piperazine rings is 1. The number of benzene rings is 1. The molecule has 5 heteroatoms. The van der Waals surface area contributed by atoms with Gasteiger partial charge in [-0.2, -0.15) is 0 Å². The van der Waals surface area contributed by atoms with E-state index in [2.05, 4.69) is 53.2 Å². The van der Waals surface area contributed by atoms with Gasteiger partial charge < -0.3 is 14.8 Å². The van der Waals surface area contributed by atoms with Crippen molar-refractivity contribution in [1.82, 2.24) is 15.1 Å². The molecule has 0 spiro atoms. The predicted molar refractivity (Wildman–Crippen MR) is 96.6 cm³/mol. The van der Waals surface area contributed by atoms with Gasteiger partial charge in [-0.1, -0.05) is 18.2 Å². The van der Waals surface area contributed by atoms with E-state index in [1.807, 2.05) is 0 Å². The van der Waals surface area contributed by atoms with Gasteiger partial charge in [0.15, 0.2) is 0 Å². The van der Waals surface area contributed by atoms with Gasteiger partial charge in [0.2, 0.25) is 0 Å². The first-order chi connectivity index (χ1) is 11.8. The van der Waals surface area contributed by atoms with Crippen LogP contribution in [0.3, 0.4) is 0 Å². The van der Waals surface area contributed by atoms with Crippen LogP contribution in [0.5, 0.6) is 5.75 Å². The van der Waals surface area contributed by atoms with Crippen LogP contribution in [0.15, 0.2) is 24.3 Å². The minimum Gasteiger partial charge on any atom is -0.494 e. The zero-order valence-corrected chi connectivity index (χ0v) is 15.0. The molecule has 2 saturated heterocycles. The lowest BCUT2D eigenvalue weighted by Gasteiger charge is -2.41. The highest BCUT2D eigenvalue weighted by atomic mass is 16.5. The van der Waals surface area contributed by atoms with Crippen molar-refractivity contribution in [2.75, 3.05) is 59.1 Å². The summed E-state index contributed by atoms with van der Waals surface area (Å²) < 4.78 is 11.5. The zero-order valence-electron chi connectivity index (χ0n) is 15.0. The van der Waals surface area contributed by atoms with Crippen molar-refractivity contribution in [2.45, 2.75) is 25.9 Å². The Labute approximate surface area is 145 Å². The number of rotatable bonds is 6. The fourth-order valence-electron chi connectivity index (χ4n) is 3.73. The molecule has 5 nitrogen and oxygen atoms in total. The maximum Gasteiger partial charge on any atom is 0.124 e. The minimum absolute atomic E-state index is 0.371. The monoisotopic (exact) mass is 333 g/mol. The van der Waals surface area contributed by atoms with E-state index in [0.29, 0.717) is 18.7 Å². The molecule has 1 aromatic rings. The second-order valence-corrected chi connectivity index (χ2v) is 6.75. The largest absolute Gasteiger partial charge is 0.494 e. The number of hydrogen-bond donors (Lipinski definition) is 1. The summed E-state index contributed by atoms with van der Waals surface area (Å²) in [7, 11) is 0. The molecule has 2 atom stereocenters. The molecule has 2 fully saturated rings. The van der Waals surface area contributed by atoms with Gasteiger partial charge in [-0.05, 0) is 19.9 Å². The molecule has 0 aromatic heterocycles. The van der Waals surface area contributed by atoms with Crippen molar-refractivity contribution in [2.24, 2.45) is 0 Å². The van der Waals surface area contributed by atoms with Crippen molar-refractivity contribution in [3.8, 4) is 5.75 Å². The molecule has 0 bridgehead atoms. The van der Waals surface area contributed by atoms with Crippen molar-refractivity contribution >= 4 is 0 Å². The number of para-hydroxylation sites is 1. The SMILES string of the molecule is CCOc1ccccc1C(CN1CCOCC1)N1CCNC(C)C1. The molecule has 0 saturated carbocycles. The summed E-state index contributed by atoms with van der Waals surface area (Å²) in [4.78, 5) is 5.15. The van der Waals surface area contributed by atoms with Crippen molar-refractivity contribution < 1.29 is 9.47 Å². The molecule has 2 heterocycles. The lowest BCUT2D eigenvalue weighted by atomic mass is 10.0.